The number of carboxylic acid groups (broad SMARTS) is 1. The van der Waals surface area contributed by atoms with Gasteiger partial charge >= 0.3 is 5.97 Å². The lowest BCUT2D eigenvalue weighted by atomic mass is 10.1. The van der Waals surface area contributed by atoms with Gasteiger partial charge in [-0.25, -0.2) is 4.79 Å². The minimum Gasteiger partial charge on any atom is -0.478 e. The molecule has 2 aromatic heterocycles. The number of halogens is 1. The second kappa shape index (κ2) is 8.68. The molecule has 0 spiro atoms. The fraction of sp³-hybridized carbons (Fsp3) is 0.115. The molecule has 1 amide bonds. The predicted molar refractivity (Wildman–Crippen MR) is 131 cm³/mol. The second-order valence-corrected chi connectivity index (χ2v) is 8.62. The molecule has 0 fully saturated rings. The normalized spacial score (nSPS) is 11.2. The molecular weight excluding hydrogens is 452 g/mol. The average molecular weight is 473 g/mol. The lowest BCUT2D eigenvalue weighted by molar-refractivity contribution is 0.0696. The summed E-state index contributed by atoms with van der Waals surface area (Å²) in [5.74, 6) is -1.21. The Hall–Kier alpha value is -4.10. The summed E-state index contributed by atoms with van der Waals surface area (Å²) in [5.41, 5.74) is 4.13. The highest BCUT2D eigenvalue weighted by Crippen LogP contribution is 2.30. The molecule has 0 bridgehead atoms. The van der Waals surface area contributed by atoms with Crippen molar-refractivity contribution in [3.05, 3.63) is 100 Å². The van der Waals surface area contributed by atoms with E-state index in [1.807, 2.05) is 60.4 Å². The Morgan fingerprint density at radius 1 is 1.03 bits per heavy atom. The highest BCUT2D eigenvalue weighted by molar-refractivity contribution is 6.30. The first-order valence-corrected chi connectivity index (χ1v) is 11.1. The van der Waals surface area contributed by atoms with Crippen LogP contribution in [0.25, 0.3) is 21.8 Å². The van der Waals surface area contributed by atoms with E-state index in [1.54, 1.807) is 16.8 Å². The molecule has 0 aliphatic carbocycles. The maximum atomic E-state index is 13.3. The van der Waals surface area contributed by atoms with E-state index in [1.165, 1.54) is 12.1 Å². The van der Waals surface area contributed by atoms with Gasteiger partial charge in [-0.3, -0.25) is 9.48 Å². The topological polar surface area (TPSA) is 89.1 Å². The van der Waals surface area contributed by atoms with Gasteiger partial charge in [0.25, 0.3) is 5.91 Å². The van der Waals surface area contributed by atoms with E-state index in [0.717, 1.165) is 32.9 Å². The van der Waals surface area contributed by atoms with Crippen LogP contribution in [0.5, 0.6) is 0 Å². The van der Waals surface area contributed by atoms with Gasteiger partial charge in [0.2, 0.25) is 0 Å². The van der Waals surface area contributed by atoms with Crippen molar-refractivity contribution < 1.29 is 14.7 Å². The molecule has 170 valence electrons. The van der Waals surface area contributed by atoms with Crippen LogP contribution in [0.4, 0.5) is 0 Å². The van der Waals surface area contributed by atoms with Crippen LogP contribution in [0, 0.1) is 0 Å². The smallest absolute Gasteiger partial charge is 0.335 e. The number of amides is 1. The summed E-state index contributed by atoms with van der Waals surface area (Å²) in [7, 11) is 1.86. The van der Waals surface area contributed by atoms with E-state index >= 15 is 0 Å². The molecule has 0 saturated carbocycles. The van der Waals surface area contributed by atoms with Gasteiger partial charge in [0, 0.05) is 48.3 Å². The first-order valence-electron chi connectivity index (χ1n) is 10.7. The van der Waals surface area contributed by atoms with Crippen molar-refractivity contribution in [3.63, 3.8) is 0 Å². The van der Waals surface area contributed by atoms with Gasteiger partial charge in [-0.1, -0.05) is 35.9 Å². The molecule has 2 N–H and O–H groups in total. The fourth-order valence-corrected chi connectivity index (χ4v) is 4.41. The largest absolute Gasteiger partial charge is 0.478 e. The molecule has 34 heavy (non-hydrogen) atoms. The minimum atomic E-state index is -0.984. The highest BCUT2D eigenvalue weighted by atomic mass is 35.5. The minimum absolute atomic E-state index is 0.205. The van der Waals surface area contributed by atoms with Gasteiger partial charge in [-0.05, 0) is 47.5 Å². The van der Waals surface area contributed by atoms with Crippen LogP contribution >= 0.6 is 11.6 Å². The summed E-state index contributed by atoms with van der Waals surface area (Å²) >= 11 is 6.18. The quantitative estimate of drug-likeness (QED) is 0.369. The Balaban J connectivity index is 1.51. The highest BCUT2D eigenvalue weighted by Gasteiger charge is 2.18. The number of benzene rings is 3. The number of rotatable bonds is 6. The molecule has 0 saturated heterocycles. The SMILES string of the molecule is Cn1cc2c(cc(C(=O)NCc3ccc(C(=O)O)cc3)c3c2ccn3Cc2cccc(Cl)c2)n1. The van der Waals surface area contributed by atoms with E-state index in [9.17, 15) is 9.59 Å². The number of aromatic nitrogens is 3. The zero-order valence-electron chi connectivity index (χ0n) is 18.3. The number of aromatic carboxylic acids is 1. The van der Waals surface area contributed by atoms with Gasteiger partial charge in [-0.2, -0.15) is 5.10 Å². The zero-order valence-corrected chi connectivity index (χ0v) is 19.1. The summed E-state index contributed by atoms with van der Waals surface area (Å²) in [6, 6.07) is 17.9. The van der Waals surface area contributed by atoms with Crippen molar-refractivity contribution >= 4 is 45.3 Å². The lowest BCUT2D eigenvalue weighted by Gasteiger charge is -2.12. The van der Waals surface area contributed by atoms with Crippen molar-refractivity contribution in [2.75, 3.05) is 0 Å². The Morgan fingerprint density at radius 2 is 1.82 bits per heavy atom. The van der Waals surface area contributed by atoms with E-state index in [4.69, 9.17) is 16.7 Å². The monoisotopic (exact) mass is 472 g/mol. The lowest BCUT2D eigenvalue weighted by Crippen LogP contribution is -2.23. The molecule has 5 aromatic rings. The van der Waals surface area contributed by atoms with E-state index in [-0.39, 0.29) is 18.0 Å². The van der Waals surface area contributed by atoms with Crippen LogP contribution in [-0.2, 0) is 20.1 Å². The molecule has 0 atom stereocenters. The summed E-state index contributed by atoms with van der Waals surface area (Å²) in [6.07, 6.45) is 3.92. The molecule has 0 radical (unpaired) electrons. The Morgan fingerprint density at radius 3 is 2.56 bits per heavy atom. The summed E-state index contributed by atoms with van der Waals surface area (Å²) < 4.78 is 3.79. The van der Waals surface area contributed by atoms with Crippen molar-refractivity contribution in [1.82, 2.24) is 19.7 Å². The number of hydrogen-bond acceptors (Lipinski definition) is 3. The molecule has 2 heterocycles. The van der Waals surface area contributed by atoms with Crippen LogP contribution in [0.1, 0.15) is 31.8 Å². The standard InChI is InChI=1S/C26H21ClN4O3/c1-30-15-22-20-9-10-31(14-17-3-2-4-19(27)11-17)24(20)21(12-23(22)29-30)25(32)28-13-16-5-7-18(8-6-16)26(33)34/h2-12,15H,13-14H2,1H3,(H,28,32)(H,33,34). The third-order valence-electron chi connectivity index (χ3n) is 5.79. The van der Waals surface area contributed by atoms with Crippen LogP contribution in [0.15, 0.2) is 73.1 Å². The molecule has 0 aliphatic heterocycles. The van der Waals surface area contributed by atoms with Gasteiger partial charge in [0.15, 0.2) is 0 Å². The Bertz CT molecular complexity index is 1550. The number of nitrogens with one attached hydrogen (secondary N) is 1. The Kier molecular flexibility index (Phi) is 5.55. The van der Waals surface area contributed by atoms with Gasteiger partial charge in [-0.15, -0.1) is 0 Å². The van der Waals surface area contributed by atoms with Crippen LogP contribution < -0.4 is 5.32 Å². The number of carbonyl (C=O) groups excluding carboxylic acids is 1. The fourth-order valence-electron chi connectivity index (χ4n) is 4.19. The van der Waals surface area contributed by atoms with Crippen LogP contribution in [0.3, 0.4) is 0 Å². The van der Waals surface area contributed by atoms with E-state index in [2.05, 4.69) is 10.4 Å². The number of nitrogens with zero attached hydrogens (tertiary/aromatic N) is 3. The number of fused-ring (bicyclic) bond motifs is 3. The predicted octanol–water partition coefficient (Wildman–Crippen LogP) is 4.86. The van der Waals surface area contributed by atoms with Crippen molar-refractivity contribution in [3.8, 4) is 0 Å². The third kappa shape index (κ3) is 4.13. The summed E-state index contributed by atoms with van der Waals surface area (Å²) in [4.78, 5) is 24.4. The van der Waals surface area contributed by atoms with Crippen LogP contribution in [0.2, 0.25) is 5.02 Å². The molecule has 3 aromatic carbocycles. The average Bonchev–Trinajstić information content (AvgIpc) is 3.40. The molecule has 0 unspecified atom stereocenters. The van der Waals surface area contributed by atoms with Crippen molar-refractivity contribution in [2.45, 2.75) is 13.1 Å². The number of hydrogen-bond donors (Lipinski definition) is 2. The van der Waals surface area contributed by atoms with Gasteiger partial charge < -0.3 is 15.0 Å². The zero-order chi connectivity index (χ0) is 23.8. The number of carbonyl (C=O) groups is 2. The van der Waals surface area contributed by atoms with Gasteiger partial charge in [0.05, 0.1) is 22.2 Å². The summed E-state index contributed by atoms with van der Waals surface area (Å²) in [5, 5.41) is 19.1. The maximum absolute atomic E-state index is 13.3. The number of aryl methyl sites for hydroxylation is 1. The molecule has 8 heteroatoms. The maximum Gasteiger partial charge on any atom is 0.335 e. The van der Waals surface area contributed by atoms with E-state index in [0.29, 0.717) is 17.1 Å². The van der Waals surface area contributed by atoms with Crippen molar-refractivity contribution in [2.24, 2.45) is 7.05 Å². The van der Waals surface area contributed by atoms with Crippen molar-refractivity contribution in [1.29, 1.82) is 0 Å². The first-order chi connectivity index (χ1) is 16.4. The third-order valence-corrected chi connectivity index (χ3v) is 6.02. The molecular formula is C26H21ClN4O3. The second-order valence-electron chi connectivity index (χ2n) is 8.18. The van der Waals surface area contributed by atoms with Crippen LogP contribution in [-0.4, -0.2) is 31.3 Å². The summed E-state index contributed by atoms with van der Waals surface area (Å²) in [6.45, 7) is 0.836. The van der Waals surface area contributed by atoms with E-state index < -0.39 is 5.97 Å². The Labute approximate surface area is 200 Å². The van der Waals surface area contributed by atoms with Gasteiger partial charge in [0.1, 0.15) is 0 Å². The molecule has 5 rings (SSSR count). The first kappa shape index (κ1) is 21.7. The number of carboxylic acids is 1. The molecule has 7 nitrogen and oxygen atoms in total. The molecule has 0 aliphatic rings.